The van der Waals surface area contributed by atoms with Crippen molar-refractivity contribution >= 4 is 11.5 Å². The van der Waals surface area contributed by atoms with Crippen molar-refractivity contribution < 1.29 is 4.74 Å². The van der Waals surface area contributed by atoms with Crippen molar-refractivity contribution in [2.45, 2.75) is 31.5 Å². The molecule has 2 aromatic rings. The van der Waals surface area contributed by atoms with E-state index in [0.29, 0.717) is 5.92 Å². The van der Waals surface area contributed by atoms with E-state index in [9.17, 15) is 0 Å². The highest BCUT2D eigenvalue weighted by Crippen LogP contribution is 2.39. The Labute approximate surface area is 111 Å². The molecule has 0 amide bonds. The molecule has 100 valence electrons. The average molecular weight is 259 g/mol. The van der Waals surface area contributed by atoms with E-state index in [-0.39, 0.29) is 18.2 Å². The molecule has 3 heterocycles. The van der Waals surface area contributed by atoms with E-state index < -0.39 is 0 Å². The second-order valence-corrected chi connectivity index (χ2v) is 5.48. The first-order valence-corrected chi connectivity index (χ1v) is 6.68. The number of nitrogens with two attached hydrogens (primary N) is 1. The van der Waals surface area contributed by atoms with Crippen LogP contribution in [-0.4, -0.2) is 39.4 Å². The summed E-state index contributed by atoms with van der Waals surface area (Å²) in [5.74, 6) is 1.44. The van der Waals surface area contributed by atoms with Gasteiger partial charge in [0.1, 0.15) is 12.1 Å². The molecule has 1 saturated carbocycles. The number of rotatable bonds is 2. The van der Waals surface area contributed by atoms with Crippen molar-refractivity contribution in [3.63, 3.8) is 0 Å². The summed E-state index contributed by atoms with van der Waals surface area (Å²) in [4.78, 5) is 4.23. The maximum absolute atomic E-state index is 6.23. The summed E-state index contributed by atoms with van der Waals surface area (Å²) in [7, 11) is 0. The lowest BCUT2D eigenvalue weighted by atomic mass is 9.72. The van der Waals surface area contributed by atoms with E-state index in [0.717, 1.165) is 30.1 Å². The molecule has 3 N–H and O–H groups in total. The Balaban J connectivity index is 1.66. The lowest BCUT2D eigenvalue weighted by Gasteiger charge is -2.46. The van der Waals surface area contributed by atoms with Crippen molar-refractivity contribution in [1.29, 1.82) is 0 Å². The van der Waals surface area contributed by atoms with E-state index in [4.69, 9.17) is 10.5 Å². The number of pyridine rings is 1. The Kier molecular flexibility index (Phi) is 2.31. The molecule has 4 rings (SSSR count). The summed E-state index contributed by atoms with van der Waals surface area (Å²) in [6.45, 7) is 2.88. The zero-order chi connectivity index (χ0) is 13.0. The summed E-state index contributed by atoms with van der Waals surface area (Å²) in [6.07, 6.45) is 2.89. The fourth-order valence-corrected chi connectivity index (χ4v) is 3.26. The van der Waals surface area contributed by atoms with Crippen LogP contribution in [0.15, 0.2) is 18.5 Å². The Morgan fingerprint density at radius 1 is 1.47 bits per heavy atom. The Hall–Kier alpha value is -1.66. The fraction of sp³-hybridized carbons (Fsp3) is 0.538. The van der Waals surface area contributed by atoms with Gasteiger partial charge in [0, 0.05) is 18.6 Å². The van der Waals surface area contributed by atoms with Gasteiger partial charge in [-0.3, -0.25) is 0 Å². The van der Waals surface area contributed by atoms with Crippen LogP contribution in [0, 0.1) is 12.8 Å². The van der Waals surface area contributed by atoms with Gasteiger partial charge >= 0.3 is 0 Å². The molecular weight excluding hydrogens is 242 g/mol. The molecule has 4 unspecified atom stereocenters. The van der Waals surface area contributed by atoms with Gasteiger partial charge in [-0.05, 0) is 31.0 Å². The number of fused-ring (bicyclic) bond motifs is 2. The molecule has 6 nitrogen and oxygen atoms in total. The third kappa shape index (κ3) is 1.56. The Bertz CT molecular complexity index is 625. The van der Waals surface area contributed by atoms with Crippen LogP contribution in [0.5, 0.6) is 0 Å². The second-order valence-electron chi connectivity index (χ2n) is 5.48. The van der Waals surface area contributed by atoms with Gasteiger partial charge in [-0.1, -0.05) is 0 Å². The van der Waals surface area contributed by atoms with E-state index >= 15 is 0 Å². The Morgan fingerprint density at radius 3 is 3.26 bits per heavy atom. The van der Waals surface area contributed by atoms with Crippen molar-refractivity contribution in [2.24, 2.45) is 11.7 Å². The summed E-state index contributed by atoms with van der Waals surface area (Å²) in [5.41, 5.74) is 8.22. The topological polar surface area (TPSA) is 77.5 Å². The molecule has 0 aromatic carbocycles. The van der Waals surface area contributed by atoms with Gasteiger partial charge in [0.05, 0.1) is 12.1 Å². The van der Waals surface area contributed by atoms with Crippen LogP contribution in [-0.2, 0) is 4.74 Å². The van der Waals surface area contributed by atoms with E-state index in [1.54, 1.807) is 6.33 Å². The SMILES string of the molecule is Cc1cc(NC2C(N)C3CCOC32)n2ncnc2c1. The summed E-state index contributed by atoms with van der Waals surface area (Å²) < 4.78 is 7.55. The summed E-state index contributed by atoms with van der Waals surface area (Å²) in [6, 6.07) is 4.40. The largest absolute Gasteiger partial charge is 0.376 e. The minimum Gasteiger partial charge on any atom is -0.376 e. The molecule has 4 atom stereocenters. The minimum absolute atomic E-state index is 0.159. The Morgan fingerprint density at radius 2 is 2.37 bits per heavy atom. The number of aryl methyl sites for hydroxylation is 1. The highest BCUT2D eigenvalue weighted by atomic mass is 16.5. The van der Waals surface area contributed by atoms with E-state index in [2.05, 4.69) is 28.4 Å². The first-order chi connectivity index (χ1) is 9.24. The molecule has 0 bridgehead atoms. The van der Waals surface area contributed by atoms with Crippen LogP contribution >= 0.6 is 0 Å². The van der Waals surface area contributed by atoms with E-state index in [1.165, 1.54) is 0 Å². The molecule has 1 aliphatic carbocycles. The molecule has 0 spiro atoms. The molecule has 1 aliphatic heterocycles. The third-order valence-corrected chi connectivity index (χ3v) is 4.28. The molecule has 6 heteroatoms. The molecule has 0 radical (unpaired) electrons. The number of anilines is 1. The average Bonchev–Trinajstić information content (AvgIpc) is 3.01. The van der Waals surface area contributed by atoms with E-state index in [1.807, 2.05) is 10.6 Å². The molecule has 2 aromatic heterocycles. The number of ether oxygens (including phenoxy) is 1. The highest BCUT2D eigenvalue weighted by molar-refractivity contribution is 5.52. The zero-order valence-corrected chi connectivity index (χ0v) is 10.8. The minimum atomic E-state index is 0.159. The van der Waals surface area contributed by atoms with Gasteiger partial charge in [-0.15, -0.1) is 0 Å². The van der Waals surface area contributed by atoms with Gasteiger partial charge in [0.25, 0.3) is 0 Å². The lowest BCUT2D eigenvalue weighted by Crippen LogP contribution is -2.65. The molecule has 2 fully saturated rings. The van der Waals surface area contributed by atoms with Gasteiger partial charge in [0.15, 0.2) is 5.65 Å². The fourth-order valence-electron chi connectivity index (χ4n) is 3.26. The predicted molar refractivity (Wildman–Crippen MR) is 71.0 cm³/mol. The monoisotopic (exact) mass is 259 g/mol. The number of nitrogens with one attached hydrogen (secondary N) is 1. The number of hydrogen-bond acceptors (Lipinski definition) is 5. The van der Waals surface area contributed by atoms with Crippen molar-refractivity contribution in [3.8, 4) is 0 Å². The second kappa shape index (κ2) is 3.91. The smallest absolute Gasteiger partial charge is 0.157 e. The van der Waals surface area contributed by atoms with Gasteiger partial charge in [0.2, 0.25) is 0 Å². The molecule has 1 saturated heterocycles. The normalized spacial score (nSPS) is 33.2. The number of nitrogens with zero attached hydrogens (tertiary/aromatic N) is 3. The first kappa shape index (κ1) is 11.2. The van der Waals surface area contributed by atoms with Gasteiger partial charge in [-0.2, -0.15) is 9.61 Å². The van der Waals surface area contributed by atoms with Crippen molar-refractivity contribution in [1.82, 2.24) is 14.6 Å². The zero-order valence-electron chi connectivity index (χ0n) is 10.8. The first-order valence-electron chi connectivity index (χ1n) is 6.68. The van der Waals surface area contributed by atoms with Crippen molar-refractivity contribution in [2.75, 3.05) is 11.9 Å². The van der Waals surface area contributed by atoms with Crippen LogP contribution in [0.4, 0.5) is 5.82 Å². The van der Waals surface area contributed by atoms with Crippen LogP contribution in [0.25, 0.3) is 5.65 Å². The predicted octanol–water partition coefficient (Wildman–Crippen LogP) is 0.564. The quantitative estimate of drug-likeness (QED) is 0.824. The molecular formula is C13H17N5O. The standard InChI is InChI=1S/C13H17N5O/c1-7-4-9-15-6-16-18(9)10(5-7)17-12-11(14)8-2-3-19-13(8)12/h4-6,8,11-13,17H,2-3,14H2,1H3. The van der Waals surface area contributed by atoms with Crippen LogP contribution < -0.4 is 11.1 Å². The van der Waals surface area contributed by atoms with Crippen LogP contribution in [0.3, 0.4) is 0 Å². The van der Waals surface area contributed by atoms with Crippen LogP contribution in [0.1, 0.15) is 12.0 Å². The number of aromatic nitrogens is 3. The highest BCUT2D eigenvalue weighted by Gasteiger charge is 2.52. The molecule has 19 heavy (non-hydrogen) atoms. The summed E-state index contributed by atoms with van der Waals surface area (Å²) >= 11 is 0. The summed E-state index contributed by atoms with van der Waals surface area (Å²) in [5, 5.41) is 7.72. The van der Waals surface area contributed by atoms with Crippen LogP contribution in [0.2, 0.25) is 0 Å². The van der Waals surface area contributed by atoms with Gasteiger partial charge < -0.3 is 15.8 Å². The number of hydrogen-bond donors (Lipinski definition) is 2. The van der Waals surface area contributed by atoms with Crippen molar-refractivity contribution in [3.05, 3.63) is 24.0 Å². The lowest BCUT2D eigenvalue weighted by molar-refractivity contribution is 0.00517. The maximum atomic E-state index is 6.23. The third-order valence-electron chi connectivity index (χ3n) is 4.28. The maximum Gasteiger partial charge on any atom is 0.157 e. The molecule has 2 aliphatic rings. The van der Waals surface area contributed by atoms with Gasteiger partial charge in [-0.25, -0.2) is 4.98 Å².